The van der Waals surface area contributed by atoms with Crippen LogP contribution in [0, 0.1) is 0 Å². The van der Waals surface area contributed by atoms with Gasteiger partial charge in [-0.3, -0.25) is 0 Å². The predicted molar refractivity (Wildman–Crippen MR) is 198 cm³/mol. The van der Waals surface area contributed by atoms with Gasteiger partial charge in [-0.2, -0.15) is 0 Å². The lowest BCUT2D eigenvalue weighted by Gasteiger charge is -2.20. The molecule has 0 aliphatic carbocycles. The van der Waals surface area contributed by atoms with E-state index in [-0.39, 0.29) is 0 Å². The molecule has 0 amide bonds. The predicted octanol–water partition coefficient (Wildman–Crippen LogP) is 13.0. The maximum Gasteiger partial charge on any atom is -0.00201 e. The van der Waals surface area contributed by atoms with Gasteiger partial charge >= 0.3 is 0 Å². The standard InChI is InChI=1S/C46H30/c1-3-14-31(15-4-1)35-24-13-25-38-37-28-27-34(30-33(37)26-29-39(35)38)45-41-20-9-11-22-43(41)46(44-23-12-10-21-42(44)45)40-19-8-7-18-36(40)32-16-5-2-6-17-32/h1-30H. The summed E-state index contributed by atoms with van der Waals surface area (Å²) >= 11 is 0. The summed E-state index contributed by atoms with van der Waals surface area (Å²) in [6.07, 6.45) is 0. The molecule has 9 aromatic rings. The molecule has 0 atom stereocenters. The van der Waals surface area contributed by atoms with Gasteiger partial charge in [0.25, 0.3) is 0 Å². The highest BCUT2D eigenvalue weighted by atomic mass is 14.2. The molecule has 46 heavy (non-hydrogen) atoms. The monoisotopic (exact) mass is 582 g/mol. The molecular formula is C46H30. The fourth-order valence-electron chi connectivity index (χ4n) is 7.42. The molecule has 0 spiro atoms. The molecule has 0 saturated heterocycles. The Morgan fingerprint density at radius 2 is 0.696 bits per heavy atom. The summed E-state index contributed by atoms with van der Waals surface area (Å²) in [6.45, 7) is 0. The Bertz CT molecular complexity index is 2500. The second-order valence-corrected chi connectivity index (χ2v) is 12.0. The fourth-order valence-corrected chi connectivity index (χ4v) is 7.42. The molecular weight excluding hydrogens is 553 g/mol. The van der Waals surface area contributed by atoms with Gasteiger partial charge in [0.1, 0.15) is 0 Å². The highest BCUT2D eigenvalue weighted by Gasteiger charge is 2.19. The van der Waals surface area contributed by atoms with Crippen molar-refractivity contribution in [3.63, 3.8) is 0 Å². The van der Waals surface area contributed by atoms with Crippen LogP contribution in [0.3, 0.4) is 0 Å². The van der Waals surface area contributed by atoms with E-state index in [0.717, 1.165) is 0 Å². The average molecular weight is 583 g/mol. The van der Waals surface area contributed by atoms with Gasteiger partial charge in [-0.1, -0.05) is 176 Å². The zero-order valence-corrected chi connectivity index (χ0v) is 25.3. The highest BCUT2D eigenvalue weighted by Crippen LogP contribution is 2.46. The third kappa shape index (κ3) is 4.23. The summed E-state index contributed by atoms with van der Waals surface area (Å²) in [5.74, 6) is 0. The van der Waals surface area contributed by atoms with Crippen LogP contribution in [0.2, 0.25) is 0 Å². The third-order valence-corrected chi connectivity index (χ3v) is 9.46. The van der Waals surface area contributed by atoms with Gasteiger partial charge in [-0.15, -0.1) is 0 Å². The Hall–Kier alpha value is -5.98. The van der Waals surface area contributed by atoms with Crippen molar-refractivity contribution in [3.05, 3.63) is 182 Å². The van der Waals surface area contributed by atoms with Crippen LogP contribution in [0.4, 0.5) is 0 Å². The third-order valence-electron chi connectivity index (χ3n) is 9.46. The van der Waals surface area contributed by atoms with Crippen molar-refractivity contribution in [2.24, 2.45) is 0 Å². The molecule has 0 bridgehead atoms. The summed E-state index contributed by atoms with van der Waals surface area (Å²) in [6, 6.07) is 66.4. The molecule has 0 aliphatic heterocycles. The molecule has 0 aromatic heterocycles. The van der Waals surface area contributed by atoms with Crippen LogP contribution in [0.5, 0.6) is 0 Å². The summed E-state index contributed by atoms with van der Waals surface area (Å²) in [4.78, 5) is 0. The lowest BCUT2D eigenvalue weighted by molar-refractivity contribution is 1.61. The van der Waals surface area contributed by atoms with Gasteiger partial charge in [0.15, 0.2) is 0 Å². The lowest BCUT2D eigenvalue weighted by Crippen LogP contribution is -1.92. The molecule has 214 valence electrons. The summed E-state index contributed by atoms with van der Waals surface area (Å²) in [5, 5.41) is 10.2. The van der Waals surface area contributed by atoms with E-state index < -0.39 is 0 Å². The molecule has 0 nitrogen and oxygen atoms in total. The van der Waals surface area contributed by atoms with Gasteiger partial charge in [0.05, 0.1) is 0 Å². The van der Waals surface area contributed by atoms with Crippen molar-refractivity contribution in [1.82, 2.24) is 0 Å². The SMILES string of the molecule is c1ccc(-c2ccccc2-c2c3ccccc3c(-c3ccc4c(ccc5c(-c6ccccc6)cccc54)c3)c3ccccc23)cc1. The minimum Gasteiger partial charge on any atom is -0.0622 e. The van der Waals surface area contributed by atoms with E-state index in [1.165, 1.54) is 87.6 Å². The molecule has 0 heterocycles. The number of fused-ring (bicyclic) bond motifs is 5. The maximum atomic E-state index is 2.38. The first-order valence-electron chi connectivity index (χ1n) is 15.9. The van der Waals surface area contributed by atoms with Crippen LogP contribution in [-0.4, -0.2) is 0 Å². The number of hydrogen-bond acceptors (Lipinski definition) is 0. The van der Waals surface area contributed by atoms with Crippen molar-refractivity contribution < 1.29 is 0 Å². The Kier molecular flexibility index (Phi) is 6.25. The highest BCUT2D eigenvalue weighted by molar-refractivity contribution is 6.23. The molecule has 0 heteroatoms. The lowest BCUT2D eigenvalue weighted by atomic mass is 9.83. The van der Waals surface area contributed by atoms with E-state index in [4.69, 9.17) is 0 Å². The van der Waals surface area contributed by atoms with Gasteiger partial charge in [-0.05, 0) is 93.7 Å². The normalized spacial score (nSPS) is 11.5. The van der Waals surface area contributed by atoms with Crippen molar-refractivity contribution in [1.29, 1.82) is 0 Å². The minimum absolute atomic E-state index is 1.23. The first-order valence-corrected chi connectivity index (χ1v) is 15.9. The first-order chi connectivity index (χ1) is 22.8. The van der Waals surface area contributed by atoms with E-state index in [1.807, 2.05) is 0 Å². The Morgan fingerprint density at radius 3 is 1.35 bits per heavy atom. The molecule has 0 fully saturated rings. The van der Waals surface area contributed by atoms with Gasteiger partial charge < -0.3 is 0 Å². The van der Waals surface area contributed by atoms with E-state index in [1.54, 1.807) is 0 Å². The Balaban J connectivity index is 1.30. The van der Waals surface area contributed by atoms with Gasteiger partial charge in [0, 0.05) is 0 Å². The summed E-state index contributed by atoms with van der Waals surface area (Å²) in [5.41, 5.74) is 10.1. The Labute approximate surface area is 268 Å². The van der Waals surface area contributed by atoms with Crippen LogP contribution in [0.25, 0.3) is 87.6 Å². The topological polar surface area (TPSA) is 0 Å². The Morgan fingerprint density at radius 1 is 0.217 bits per heavy atom. The first kappa shape index (κ1) is 26.4. The molecule has 0 aliphatic rings. The molecule has 0 saturated carbocycles. The van der Waals surface area contributed by atoms with Crippen LogP contribution in [0.15, 0.2) is 182 Å². The number of benzene rings is 9. The summed E-state index contributed by atoms with van der Waals surface area (Å²) < 4.78 is 0. The van der Waals surface area contributed by atoms with E-state index >= 15 is 0 Å². The van der Waals surface area contributed by atoms with Crippen LogP contribution in [-0.2, 0) is 0 Å². The molecule has 0 unspecified atom stereocenters. The maximum absolute atomic E-state index is 2.38. The molecule has 0 N–H and O–H groups in total. The van der Waals surface area contributed by atoms with Crippen LogP contribution < -0.4 is 0 Å². The largest absolute Gasteiger partial charge is 0.0622 e. The quantitative estimate of drug-likeness (QED) is 0.143. The smallest absolute Gasteiger partial charge is 0.00201 e. The molecule has 9 rings (SSSR count). The average Bonchev–Trinajstić information content (AvgIpc) is 3.14. The van der Waals surface area contributed by atoms with Gasteiger partial charge in [0.2, 0.25) is 0 Å². The molecule has 9 aromatic carbocycles. The van der Waals surface area contributed by atoms with Crippen LogP contribution in [0.1, 0.15) is 0 Å². The van der Waals surface area contributed by atoms with Gasteiger partial charge in [-0.25, -0.2) is 0 Å². The van der Waals surface area contributed by atoms with Crippen molar-refractivity contribution in [2.75, 3.05) is 0 Å². The second-order valence-electron chi connectivity index (χ2n) is 12.0. The fraction of sp³-hybridized carbons (Fsp3) is 0. The van der Waals surface area contributed by atoms with E-state index in [9.17, 15) is 0 Å². The van der Waals surface area contributed by atoms with E-state index in [2.05, 4.69) is 182 Å². The molecule has 0 radical (unpaired) electrons. The van der Waals surface area contributed by atoms with Crippen molar-refractivity contribution in [3.8, 4) is 44.5 Å². The zero-order valence-electron chi connectivity index (χ0n) is 25.3. The van der Waals surface area contributed by atoms with Crippen molar-refractivity contribution in [2.45, 2.75) is 0 Å². The second kappa shape index (κ2) is 10.9. The van der Waals surface area contributed by atoms with E-state index in [0.29, 0.717) is 0 Å². The minimum atomic E-state index is 1.23. The summed E-state index contributed by atoms with van der Waals surface area (Å²) in [7, 11) is 0. The van der Waals surface area contributed by atoms with Crippen molar-refractivity contribution >= 4 is 43.1 Å². The zero-order chi connectivity index (χ0) is 30.5. The number of hydrogen-bond donors (Lipinski definition) is 0. The number of rotatable bonds is 4. The van der Waals surface area contributed by atoms with Crippen LogP contribution >= 0.6 is 0 Å².